The molecule has 4 rings (SSSR count). The van der Waals surface area contributed by atoms with Crippen LogP contribution >= 0.6 is 23.4 Å². The molecule has 0 amide bonds. The van der Waals surface area contributed by atoms with Gasteiger partial charge in [0.2, 0.25) is 0 Å². The van der Waals surface area contributed by atoms with Crippen molar-refractivity contribution in [1.29, 1.82) is 0 Å². The standard InChI is InChI=1S/C16H11ClN2OS/c17-10-5-6-11-9(7-10)8-14(15(11)20)21-16-18-12-3-1-2-4-13(12)19-16/h1-7,14H,8H2,(H,18,19). The predicted molar refractivity (Wildman–Crippen MR) is 85.2 cm³/mol. The molecular weight excluding hydrogens is 304 g/mol. The molecule has 1 N–H and O–H groups in total. The normalized spacial score (nSPS) is 17.4. The molecule has 3 aromatic rings. The summed E-state index contributed by atoms with van der Waals surface area (Å²) < 4.78 is 0. The maximum atomic E-state index is 12.4. The van der Waals surface area contributed by atoms with Gasteiger partial charge in [-0.2, -0.15) is 0 Å². The number of nitrogens with one attached hydrogen (secondary N) is 1. The van der Waals surface area contributed by atoms with E-state index in [0.29, 0.717) is 11.4 Å². The molecule has 104 valence electrons. The number of thioether (sulfide) groups is 1. The molecule has 0 aliphatic heterocycles. The minimum absolute atomic E-state index is 0.126. The molecule has 3 nitrogen and oxygen atoms in total. The van der Waals surface area contributed by atoms with Crippen molar-refractivity contribution in [3.63, 3.8) is 0 Å². The van der Waals surface area contributed by atoms with Crippen LogP contribution in [0.4, 0.5) is 0 Å². The second-order valence-corrected chi connectivity index (χ2v) is 6.66. The number of aromatic amines is 1. The molecule has 5 heteroatoms. The summed E-state index contributed by atoms with van der Waals surface area (Å²) in [5, 5.41) is 1.34. The van der Waals surface area contributed by atoms with Crippen molar-refractivity contribution in [2.45, 2.75) is 16.8 Å². The van der Waals surface area contributed by atoms with Crippen molar-refractivity contribution >= 4 is 40.2 Å². The van der Waals surface area contributed by atoms with E-state index in [1.807, 2.05) is 36.4 Å². The number of halogens is 1. The fourth-order valence-corrected chi connectivity index (χ4v) is 3.93. The van der Waals surface area contributed by atoms with E-state index in [9.17, 15) is 4.79 Å². The van der Waals surface area contributed by atoms with E-state index in [4.69, 9.17) is 11.6 Å². The Morgan fingerprint density at radius 3 is 2.95 bits per heavy atom. The smallest absolute Gasteiger partial charge is 0.176 e. The largest absolute Gasteiger partial charge is 0.333 e. The molecule has 1 aliphatic rings. The number of aromatic nitrogens is 2. The summed E-state index contributed by atoms with van der Waals surface area (Å²) in [5.74, 6) is 0.159. The minimum Gasteiger partial charge on any atom is -0.333 e. The van der Waals surface area contributed by atoms with Crippen molar-refractivity contribution in [1.82, 2.24) is 9.97 Å². The van der Waals surface area contributed by atoms with Gasteiger partial charge in [-0.3, -0.25) is 4.79 Å². The number of imidazole rings is 1. The highest BCUT2D eigenvalue weighted by Gasteiger charge is 2.32. The zero-order chi connectivity index (χ0) is 14.4. The Bertz CT molecular complexity index is 825. The lowest BCUT2D eigenvalue weighted by Gasteiger charge is -2.03. The van der Waals surface area contributed by atoms with Gasteiger partial charge in [0.25, 0.3) is 0 Å². The van der Waals surface area contributed by atoms with Crippen LogP contribution in [0.5, 0.6) is 0 Å². The predicted octanol–water partition coefficient (Wildman–Crippen LogP) is 4.12. The topological polar surface area (TPSA) is 45.8 Å². The maximum absolute atomic E-state index is 12.4. The summed E-state index contributed by atoms with van der Waals surface area (Å²) in [6.07, 6.45) is 0.705. The number of H-pyrrole nitrogens is 1. The first-order chi connectivity index (χ1) is 10.2. The third kappa shape index (κ3) is 2.24. The molecule has 1 atom stereocenters. The molecule has 21 heavy (non-hydrogen) atoms. The summed E-state index contributed by atoms with van der Waals surface area (Å²) in [6, 6.07) is 13.3. The number of rotatable bonds is 2. The maximum Gasteiger partial charge on any atom is 0.176 e. The van der Waals surface area contributed by atoms with E-state index in [1.165, 1.54) is 11.8 Å². The third-order valence-electron chi connectivity index (χ3n) is 3.65. The van der Waals surface area contributed by atoms with E-state index in [1.54, 1.807) is 6.07 Å². The fraction of sp³-hybridized carbons (Fsp3) is 0.125. The number of ketones is 1. The molecule has 0 bridgehead atoms. The summed E-state index contributed by atoms with van der Waals surface area (Å²) >= 11 is 7.48. The van der Waals surface area contributed by atoms with Gasteiger partial charge in [0.05, 0.1) is 16.3 Å². The average Bonchev–Trinajstić information content (AvgIpc) is 3.00. The van der Waals surface area contributed by atoms with E-state index < -0.39 is 0 Å². The number of carbonyl (C=O) groups is 1. The van der Waals surface area contributed by atoms with Crippen molar-refractivity contribution in [2.75, 3.05) is 0 Å². The van der Waals surface area contributed by atoms with Crippen LogP contribution in [0.25, 0.3) is 11.0 Å². The van der Waals surface area contributed by atoms with Crippen molar-refractivity contribution < 1.29 is 4.79 Å². The molecule has 1 unspecified atom stereocenters. The minimum atomic E-state index is -0.126. The summed E-state index contributed by atoms with van der Waals surface area (Å²) in [6.45, 7) is 0. The van der Waals surface area contributed by atoms with Gasteiger partial charge < -0.3 is 4.98 Å². The van der Waals surface area contributed by atoms with Gasteiger partial charge >= 0.3 is 0 Å². The lowest BCUT2D eigenvalue weighted by molar-refractivity contribution is 0.1000. The Morgan fingerprint density at radius 1 is 1.24 bits per heavy atom. The lowest BCUT2D eigenvalue weighted by Crippen LogP contribution is -2.11. The van der Waals surface area contributed by atoms with Crippen LogP contribution in [0.15, 0.2) is 47.6 Å². The van der Waals surface area contributed by atoms with Gasteiger partial charge in [0, 0.05) is 10.6 Å². The van der Waals surface area contributed by atoms with Gasteiger partial charge in [-0.1, -0.05) is 35.5 Å². The van der Waals surface area contributed by atoms with Gasteiger partial charge in [0.1, 0.15) is 0 Å². The number of para-hydroxylation sites is 2. The van der Waals surface area contributed by atoms with E-state index in [2.05, 4.69) is 9.97 Å². The quantitative estimate of drug-likeness (QED) is 0.774. The number of nitrogens with zero attached hydrogens (tertiary/aromatic N) is 1. The van der Waals surface area contributed by atoms with Gasteiger partial charge in [0.15, 0.2) is 10.9 Å². The molecule has 1 aliphatic carbocycles. The second-order valence-electron chi connectivity index (χ2n) is 5.04. The Kier molecular flexibility index (Phi) is 3.01. The SMILES string of the molecule is O=C1c2ccc(Cl)cc2CC1Sc1nc2ccccc2[nH]1. The third-order valence-corrected chi connectivity index (χ3v) is 4.97. The van der Waals surface area contributed by atoms with E-state index in [0.717, 1.165) is 27.3 Å². The van der Waals surface area contributed by atoms with Crippen LogP contribution in [0.1, 0.15) is 15.9 Å². The summed E-state index contributed by atoms with van der Waals surface area (Å²) in [4.78, 5) is 20.2. The Labute approximate surface area is 130 Å². The van der Waals surface area contributed by atoms with Crippen LogP contribution in [-0.2, 0) is 6.42 Å². The molecule has 0 radical (unpaired) electrons. The zero-order valence-electron chi connectivity index (χ0n) is 11.0. The van der Waals surface area contributed by atoms with Crippen molar-refractivity contribution in [3.8, 4) is 0 Å². The molecule has 0 fully saturated rings. The highest BCUT2D eigenvalue weighted by Crippen LogP contribution is 2.35. The van der Waals surface area contributed by atoms with Crippen LogP contribution < -0.4 is 0 Å². The monoisotopic (exact) mass is 314 g/mol. The molecule has 2 aromatic carbocycles. The molecule has 0 spiro atoms. The Morgan fingerprint density at radius 2 is 2.10 bits per heavy atom. The first-order valence-electron chi connectivity index (χ1n) is 6.65. The molecule has 1 heterocycles. The Hall–Kier alpha value is -1.78. The average molecular weight is 315 g/mol. The number of benzene rings is 2. The van der Waals surface area contributed by atoms with Crippen LogP contribution in [0, 0.1) is 0 Å². The highest BCUT2D eigenvalue weighted by atomic mass is 35.5. The number of hydrogen-bond donors (Lipinski definition) is 1. The number of hydrogen-bond acceptors (Lipinski definition) is 3. The van der Waals surface area contributed by atoms with Gasteiger partial charge in [-0.25, -0.2) is 4.98 Å². The van der Waals surface area contributed by atoms with Crippen LogP contribution in [-0.4, -0.2) is 21.0 Å². The zero-order valence-corrected chi connectivity index (χ0v) is 12.5. The van der Waals surface area contributed by atoms with Gasteiger partial charge in [-0.05, 0) is 42.3 Å². The first-order valence-corrected chi connectivity index (χ1v) is 7.90. The van der Waals surface area contributed by atoms with Crippen LogP contribution in [0.3, 0.4) is 0 Å². The molecule has 0 saturated heterocycles. The molecular formula is C16H11ClN2OS. The van der Waals surface area contributed by atoms with Crippen molar-refractivity contribution in [2.24, 2.45) is 0 Å². The second kappa shape index (κ2) is 4.90. The fourth-order valence-electron chi connectivity index (χ4n) is 2.65. The summed E-state index contributed by atoms with van der Waals surface area (Å²) in [5.41, 5.74) is 3.73. The number of Topliss-reactive ketones (excluding diaryl/α,β-unsaturated/α-hetero) is 1. The van der Waals surface area contributed by atoms with Gasteiger partial charge in [-0.15, -0.1) is 0 Å². The van der Waals surface area contributed by atoms with Crippen molar-refractivity contribution in [3.05, 3.63) is 58.6 Å². The Balaban J connectivity index is 1.62. The molecule has 0 saturated carbocycles. The first kappa shape index (κ1) is 12.9. The highest BCUT2D eigenvalue weighted by molar-refractivity contribution is 8.00. The van der Waals surface area contributed by atoms with E-state index >= 15 is 0 Å². The van der Waals surface area contributed by atoms with Crippen LogP contribution in [0.2, 0.25) is 5.02 Å². The molecule has 1 aromatic heterocycles. The number of carbonyl (C=O) groups excluding carboxylic acids is 1. The van der Waals surface area contributed by atoms with E-state index in [-0.39, 0.29) is 11.0 Å². The summed E-state index contributed by atoms with van der Waals surface area (Å²) in [7, 11) is 0. The number of fused-ring (bicyclic) bond motifs is 2. The lowest BCUT2D eigenvalue weighted by atomic mass is 10.1.